The van der Waals surface area contributed by atoms with Crippen molar-refractivity contribution in [1.82, 2.24) is 9.62 Å². The van der Waals surface area contributed by atoms with Crippen LogP contribution in [-0.4, -0.2) is 50.6 Å². The van der Waals surface area contributed by atoms with Crippen LogP contribution in [0.2, 0.25) is 0 Å². The van der Waals surface area contributed by atoms with E-state index in [-0.39, 0.29) is 22.3 Å². The molecule has 0 aliphatic carbocycles. The molecule has 1 aliphatic heterocycles. The van der Waals surface area contributed by atoms with Crippen LogP contribution in [0.4, 0.5) is 0 Å². The highest BCUT2D eigenvalue weighted by Gasteiger charge is 2.32. The van der Waals surface area contributed by atoms with Crippen LogP contribution in [0.3, 0.4) is 0 Å². The van der Waals surface area contributed by atoms with E-state index in [0.717, 1.165) is 11.3 Å². The van der Waals surface area contributed by atoms with Gasteiger partial charge in [0.25, 0.3) is 10.0 Å². The fourth-order valence-electron chi connectivity index (χ4n) is 2.22. The molecule has 21 heavy (non-hydrogen) atoms. The predicted octanol–water partition coefficient (Wildman–Crippen LogP) is 1.05. The monoisotopic (exact) mass is 332 g/mol. The van der Waals surface area contributed by atoms with Crippen LogP contribution in [0.15, 0.2) is 21.7 Å². The van der Waals surface area contributed by atoms with Crippen molar-refractivity contribution in [3.8, 4) is 0 Å². The van der Waals surface area contributed by atoms with E-state index in [9.17, 15) is 13.2 Å². The molecule has 3 atom stereocenters. The predicted molar refractivity (Wildman–Crippen MR) is 80.7 cm³/mol. The molecular weight excluding hydrogens is 312 g/mol. The topological polar surface area (TPSA) is 75.7 Å². The lowest BCUT2D eigenvalue weighted by Crippen LogP contribution is -2.55. The maximum atomic E-state index is 12.4. The molecule has 0 radical (unpaired) electrons. The lowest BCUT2D eigenvalue weighted by molar-refractivity contribution is -0.144. The zero-order valence-electron chi connectivity index (χ0n) is 12.3. The van der Waals surface area contributed by atoms with Gasteiger partial charge in [-0.15, -0.1) is 11.3 Å². The van der Waals surface area contributed by atoms with Crippen molar-refractivity contribution in [2.45, 2.75) is 43.2 Å². The first-order valence-electron chi connectivity index (χ1n) is 6.79. The number of carbonyl (C=O) groups is 1. The van der Waals surface area contributed by atoms with Gasteiger partial charge < -0.3 is 9.64 Å². The molecule has 1 aromatic heterocycles. The van der Waals surface area contributed by atoms with Crippen LogP contribution < -0.4 is 4.72 Å². The van der Waals surface area contributed by atoms with Gasteiger partial charge in [-0.3, -0.25) is 4.79 Å². The quantitative estimate of drug-likeness (QED) is 0.894. The fourth-order valence-corrected chi connectivity index (χ4v) is 4.42. The molecule has 0 spiro atoms. The van der Waals surface area contributed by atoms with Crippen molar-refractivity contribution in [3.63, 3.8) is 0 Å². The van der Waals surface area contributed by atoms with Gasteiger partial charge in [-0.2, -0.15) is 4.72 Å². The summed E-state index contributed by atoms with van der Waals surface area (Å²) in [6.07, 6.45) is -0.0359. The smallest absolute Gasteiger partial charge is 0.250 e. The van der Waals surface area contributed by atoms with Gasteiger partial charge in [0.1, 0.15) is 4.21 Å². The molecule has 1 N–H and O–H groups in total. The second-order valence-corrected chi connectivity index (χ2v) is 8.15. The van der Waals surface area contributed by atoms with Gasteiger partial charge in [-0.25, -0.2) is 8.42 Å². The number of morpholine rings is 1. The first-order valence-corrected chi connectivity index (χ1v) is 9.15. The van der Waals surface area contributed by atoms with E-state index in [1.807, 2.05) is 13.8 Å². The van der Waals surface area contributed by atoms with Gasteiger partial charge in [0.05, 0.1) is 24.8 Å². The summed E-state index contributed by atoms with van der Waals surface area (Å²) in [5.41, 5.74) is 0. The molecule has 2 rings (SSSR count). The summed E-state index contributed by atoms with van der Waals surface area (Å²) in [5.74, 6) is -0.224. The normalized spacial score (nSPS) is 24.8. The minimum Gasteiger partial charge on any atom is -0.375 e. The zero-order valence-corrected chi connectivity index (χ0v) is 13.9. The molecule has 2 heterocycles. The first kappa shape index (κ1) is 16.4. The first-order chi connectivity index (χ1) is 9.81. The van der Waals surface area contributed by atoms with Crippen molar-refractivity contribution in [2.75, 3.05) is 13.2 Å². The highest BCUT2D eigenvalue weighted by atomic mass is 32.2. The molecule has 3 unspecified atom stereocenters. The standard InChI is InChI=1S/C13H20N2O4S2/c1-9-8-19-10(2)7-15(9)13(16)11(3)14-21(17,18)12-5-4-6-20-12/h4-6,9-11,14H,7-8H2,1-3H3. The minimum atomic E-state index is -3.64. The average Bonchev–Trinajstić information content (AvgIpc) is 2.95. The number of nitrogens with one attached hydrogen (secondary N) is 1. The van der Waals surface area contributed by atoms with Crippen molar-refractivity contribution in [1.29, 1.82) is 0 Å². The lowest BCUT2D eigenvalue weighted by Gasteiger charge is -2.38. The van der Waals surface area contributed by atoms with Crippen LogP contribution >= 0.6 is 11.3 Å². The van der Waals surface area contributed by atoms with Crippen LogP contribution in [0.25, 0.3) is 0 Å². The van der Waals surface area contributed by atoms with Crippen molar-refractivity contribution in [3.05, 3.63) is 17.5 Å². The molecule has 1 saturated heterocycles. The Morgan fingerprint density at radius 1 is 1.52 bits per heavy atom. The molecule has 1 aromatic rings. The zero-order chi connectivity index (χ0) is 15.6. The third-order valence-electron chi connectivity index (χ3n) is 3.35. The molecule has 0 aromatic carbocycles. The number of thiophene rings is 1. The number of ether oxygens (including phenoxy) is 1. The summed E-state index contributed by atoms with van der Waals surface area (Å²) in [6, 6.07) is 2.33. The number of hydrogen-bond donors (Lipinski definition) is 1. The second-order valence-electron chi connectivity index (χ2n) is 5.26. The van der Waals surface area contributed by atoms with Crippen LogP contribution in [-0.2, 0) is 19.6 Å². The van der Waals surface area contributed by atoms with E-state index in [2.05, 4.69) is 4.72 Å². The van der Waals surface area contributed by atoms with Crippen LogP contribution in [0.1, 0.15) is 20.8 Å². The number of rotatable bonds is 4. The van der Waals surface area contributed by atoms with Crippen molar-refractivity contribution in [2.24, 2.45) is 0 Å². The summed E-state index contributed by atoms with van der Waals surface area (Å²) in [7, 11) is -3.64. The average molecular weight is 332 g/mol. The second kappa shape index (κ2) is 6.43. The summed E-state index contributed by atoms with van der Waals surface area (Å²) < 4.78 is 32.4. The van der Waals surface area contributed by atoms with Gasteiger partial charge >= 0.3 is 0 Å². The Hall–Kier alpha value is -0.960. The Morgan fingerprint density at radius 2 is 2.24 bits per heavy atom. The Labute approximate surface area is 129 Å². The van der Waals surface area contributed by atoms with Gasteiger partial charge in [-0.1, -0.05) is 6.07 Å². The van der Waals surface area contributed by atoms with Crippen molar-refractivity contribution < 1.29 is 17.9 Å². The van der Waals surface area contributed by atoms with Gasteiger partial charge in [0, 0.05) is 6.54 Å². The van der Waals surface area contributed by atoms with E-state index in [1.165, 1.54) is 6.07 Å². The van der Waals surface area contributed by atoms with E-state index >= 15 is 0 Å². The highest BCUT2D eigenvalue weighted by molar-refractivity contribution is 7.91. The fraction of sp³-hybridized carbons (Fsp3) is 0.615. The third-order valence-corrected chi connectivity index (χ3v) is 6.29. The molecular formula is C13H20N2O4S2. The maximum absolute atomic E-state index is 12.4. The van der Waals surface area contributed by atoms with Gasteiger partial charge in [0.2, 0.25) is 5.91 Å². The van der Waals surface area contributed by atoms with E-state index in [1.54, 1.807) is 23.3 Å². The Bertz CT molecular complexity index is 585. The Kier molecular flexibility index (Phi) is 5.03. The van der Waals surface area contributed by atoms with E-state index < -0.39 is 16.1 Å². The SMILES string of the molecule is CC1CN(C(=O)C(C)NS(=O)(=O)c2cccs2)C(C)CO1. The molecule has 6 nitrogen and oxygen atoms in total. The molecule has 0 saturated carbocycles. The largest absolute Gasteiger partial charge is 0.375 e. The number of carbonyl (C=O) groups excluding carboxylic acids is 1. The van der Waals surface area contributed by atoms with E-state index in [4.69, 9.17) is 4.74 Å². The highest BCUT2D eigenvalue weighted by Crippen LogP contribution is 2.17. The number of amides is 1. The molecule has 1 amide bonds. The summed E-state index contributed by atoms with van der Waals surface area (Å²) >= 11 is 1.12. The molecule has 1 aliphatic rings. The summed E-state index contributed by atoms with van der Waals surface area (Å²) in [6.45, 7) is 6.31. The molecule has 1 fully saturated rings. The van der Waals surface area contributed by atoms with Crippen molar-refractivity contribution >= 4 is 27.3 Å². The lowest BCUT2D eigenvalue weighted by atomic mass is 10.1. The van der Waals surface area contributed by atoms with Crippen LogP contribution in [0.5, 0.6) is 0 Å². The Morgan fingerprint density at radius 3 is 2.86 bits per heavy atom. The number of hydrogen-bond acceptors (Lipinski definition) is 5. The van der Waals surface area contributed by atoms with E-state index in [0.29, 0.717) is 13.2 Å². The summed E-state index contributed by atoms with van der Waals surface area (Å²) in [5, 5.41) is 1.69. The Balaban J connectivity index is 2.06. The van der Waals surface area contributed by atoms with Crippen LogP contribution in [0, 0.1) is 0 Å². The number of sulfonamides is 1. The maximum Gasteiger partial charge on any atom is 0.250 e. The molecule has 118 valence electrons. The minimum absolute atomic E-state index is 0.0359. The van der Waals surface area contributed by atoms with Gasteiger partial charge in [-0.05, 0) is 32.2 Å². The summed E-state index contributed by atoms with van der Waals surface area (Å²) in [4.78, 5) is 14.1. The van der Waals surface area contributed by atoms with Gasteiger partial charge in [0.15, 0.2) is 0 Å². The molecule has 0 bridgehead atoms. The number of nitrogens with zero attached hydrogens (tertiary/aromatic N) is 1. The third kappa shape index (κ3) is 3.82. The molecule has 8 heteroatoms.